The third-order valence-corrected chi connectivity index (χ3v) is 3.21. The maximum absolute atomic E-state index is 5.89. The topological polar surface area (TPSA) is 30.5 Å². The smallest absolute Gasteiger partial charge is 0.119 e. The van der Waals surface area contributed by atoms with E-state index in [0.717, 1.165) is 25.3 Å². The van der Waals surface area contributed by atoms with Crippen molar-refractivity contribution in [2.75, 3.05) is 13.2 Å². The average molecular weight is 249 g/mol. The molecule has 2 unspecified atom stereocenters. The monoisotopic (exact) mass is 249 g/mol. The molecular weight excluding hydrogens is 226 g/mol. The van der Waals surface area contributed by atoms with Crippen LogP contribution < -0.4 is 10.1 Å². The Kier molecular flexibility index (Phi) is 4.61. The van der Waals surface area contributed by atoms with Gasteiger partial charge in [-0.2, -0.15) is 0 Å². The number of rotatable bonds is 4. The minimum Gasteiger partial charge on any atom is -0.491 e. The number of nitrogens with one attached hydrogen (secondary N) is 1. The van der Waals surface area contributed by atoms with Gasteiger partial charge >= 0.3 is 0 Å². The van der Waals surface area contributed by atoms with Crippen molar-refractivity contribution in [1.82, 2.24) is 5.32 Å². The number of morpholine rings is 1. The molecule has 1 aliphatic rings. The SMILES string of the molecule is CCC1COC(c2ccc(OC(C)C)cc2)CN1. The van der Waals surface area contributed by atoms with Gasteiger partial charge in [-0.25, -0.2) is 0 Å². The first-order valence-electron chi connectivity index (χ1n) is 6.80. The fourth-order valence-corrected chi connectivity index (χ4v) is 2.13. The number of benzene rings is 1. The zero-order chi connectivity index (χ0) is 13.0. The molecule has 18 heavy (non-hydrogen) atoms. The van der Waals surface area contributed by atoms with Crippen LogP contribution in [0.25, 0.3) is 0 Å². The van der Waals surface area contributed by atoms with Crippen LogP contribution in [0.15, 0.2) is 24.3 Å². The highest BCUT2D eigenvalue weighted by Gasteiger charge is 2.20. The van der Waals surface area contributed by atoms with E-state index in [1.165, 1.54) is 5.56 Å². The summed E-state index contributed by atoms with van der Waals surface area (Å²) in [5.74, 6) is 0.920. The molecule has 0 aromatic heterocycles. The highest BCUT2D eigenvalue weighted by molar-refractivity contribution is 5.29. The molecule has 1 heterocycles. The summed E-state index contributed by atoms with van der Waals surface area (Å²) in [6.45, 7) is 7.94. The van der Waals surface area contributed by atoms with Gasteiger partial charge in [0, 0.05) is 12.6 Å². The fourth-order valence-electron chi connectivity index (χ4n) is 2.13. The summed E-state index contributed by atoms with van der Waals surface area (Å²) in [6.07, 6.45) is 1.50. The summed E-state index contributed by atoms with van der Waals surface area (Å²) in [4.78, 5) is 0. The zero-order valence-corrected chi connectivity index (χ0v) is 11.5. The van der Waals surface area contributed by atoms with Crippen LogP contribution in [0, 0.1) is 0 Å². The molecule has 2 atom stereocenters. The van der Waals surface area contributed by atoms with Gasteiger partial charge in [-0.15, -0.1) is 0 Å². The summed E-state index contributed by atoms with van der Waals surface area (Å²) in [7, 11) is 0. The molecule has 0 spiro atoms. The second-order valence-corrected chi connectivity index (χ2v) is 5.07. The molecule has 1 fully saturated rings. The average Bonchev–Trinajstić information content (AvgIpc) is 2.39. The van der Waals surface area contributed by atoms with Crippen LogP contribution in [-0.2, 0) is 4.74 Å². The Morgan fingerprint density at radius 1 is 1.33 bits per heavy atom. The number of hydrogen-bond donors (Lipinski definition) is 1. The lowest BCUT2D eigenvalue weighted by Gasteiger charge is -2.30. The Hall–Kier alpha value is -1.06. The Morgan fingerprint density at radius 3 is 2.56 bits per heavy atom. The van der Waals surface area contributed by atoms with Gasteiger partial charge in [0.2, 0.25) is 0 Å². The molecule has 1 saturated heterocycles. The van der Waals surface area contributed by atoms with Crippen molar-refractivity contribution in [1.29, 1.82) is 0 Å². The van der Waals surface area contributed by atoms with Gasteiger partial charge in [0.15, 0.2) is 0 Å². The summed E-state index contributed by atoms with van der Waals surface area (Å²) in [5.41, 5.74) is 1.22. The number of ether oxygens (including phenoxy) is 2. The van der Waals surface area contributed by atoms with Crippen molar-refractivity contribution in [3.05, 3.63) is 29.8 Å². The van der Waals surface area contributed by atoms with Crippen molar-refractivity contribution >= 4 is 0 Å². The molecule has 2 rings (SSSR count). The molecule has 0 bridgehead atoms. The molecule has 3 nitrogen and oxygen atoms in total. The van der Waals surface area contributed by atoms with Crippen LogP contribution in [0.5, 0.6) is 5.75 Å². The van der Waals surface area contributed by atoms with Gasteiger partial charge in [0.25, 0.3) is 0 Å². The van der Waals surface area contributed by atoms with Crippen molar-refractivity contribution in [3.8, 4) is 5.75 Å². The summed E-state index contributed by atoms with van der Waals surface area (Å²) < 4.78 is 11.5. The fraction of sp³-hybridized carbons (Fsp3) is 0.600. The number of hydrogen-bond acceptors (Lipinski definition) is 3. The molecule has 100 valence electrons. The third kappa shape index (κ3) is 3.47. The first-order valence-corrected chi connectivity index (χ1v) is 6.80. The van der Waals surface area contributed by atoms with Crippen molar-refractivity contribution in [2.24, 2.45) is 0 Å². The highest BCUT2D eigenvalue weighted by Crippen LogP contribution is 2.23. The predicted octanol–water partition coefficient (Wildman–Crippen LogP) is 2.91. The molecule has 0 aliphatic carbocycles. The Labute approximate surface area is 109 Å². The molecular formula is C15H23NO2. The van der Waals surface area contributed by atoms with Gasteiger partial charge in [-0.3, -0.25) is 0 Å². The standard InChI is InChI=1S/C15H23NO2/c1-4-13-10-17-15(9-16-13)12-5-7-14(8-6-12)18-11(2)3/h5-8,11,13,15-16H,4,9-10H2,1-3H3. The third-order valence-electron chi connectivity index (χ3n) is 3.21. The Balaban J connectivity index is 1.93. The Bertz CT molecular complexity index is 353. The molecule has 1 aliphatic heterocycles. The van der Waals surface area contributed by atoms with Gasteiger partial charge in [-0.1, -0.05) is 19.1 Å². The molecule has 0 radical (unpaired) electrons. The van der Waals surface area contributed by atoms with Crippen molar-refractivity contribution in [3.63, 3.8) is 0 Å². The van der Waals surface area contributed by atoms with Crippen LogP contribution in [0.1, 0.15) is 38.9 Å². The van der Waals surface area contributed by atoms with Crippen LogP contribution >= 0.6 is 0 Å². The summed E-state index contributed by atoms with van der Waals surface area (Å²) in [5, 5.41) is 3.51. The highest BCUT2D eigenvalue weighted by atomic mass is 16.5. The van der Waals surface area contributed by atoms with E-state index in [9.17, 15) is 0 Å². The minimum atomic E-state index is 0.167. The lowest BCUT2D eigenvalue weighted by Crippen LogP contribution is -2.42. The largest absolute Gasteiger partial charge is 0.491 e. The molecule has 1 N–H and O–H groups in total. The van der Waals surface area contributed by atoms with Crippen LogP contribution in [0.3, 0.4) is 0 Å². The second-order valence-electron chi connectivity index (χ2n) is 5.07. The molecule has 1 aromatic carbocycles. The van der Waals surface area contributed by atoms with E-state index in [1.807, 2.05) is 26.0 Å². The molecule has 3 heteroatoms. The molecule has 0 saturated carbocycles. The van der Waals surface area contributed by atoms with E-state index >= 15 is 0 Å². The van der Waals surface area contributed by atoms with Crippen LogP contribution in [0.4, 0.5) is 0 Å². The molecule has 0 amide bonds. The van der Waals surface area contributed by atoms with Gasteiger partial charge in [0.1, 0.15) is 5.75 Å². The summed E-state index contributed by atoms with van der Waals surface area (Å²) in [6, 6.07) is 8.73. The van der Waals surface area contributed by atoms with Crippen LogP contribution in [-0.4, -0.2) is 25.3 Å². The van der Waals surface area contributed by atoms with E-state index in [1.54, 1.807) is 0 Å². The maximum atomic E-state index is 5.89. The summed E-state index contributed by atoms with van der Waals surface area (Å²) >= 11 is 0. The van der Waals surface area contributed by atoms with E-state index in [0.29, 0.717) is 6.04 Å². The second kappa shape index (κ2) is 6.21. The van der Waals surface area contributed by atoms with Gasteiger partial charge < -0.3 is 14.8 Å². The predicted molar refractivity (Wildman–Crippen MR) is 73.0 cm³/mol. The van der Waals surface area contributed by atoms with E-state index in [2.05, 4.69) is 24.4 Å². The van der Waals surface area contributed by atoms with E-state index in [4.69, 9.17) is 9.47 Å². The van der Waals surface area contributed by atoms with Gasteiger partial charge in [0.05, 0.1) is 18.8 Å². The quantitative estimate of drug-likeness (QED) is 0.890. The first-order chi connectivity index (χ1) is 8.69. The van der Waals surface area contributed by atoms with Crippen molar-refractivity contribution < 1.29 is 9.47 Å². The van der Waals surface area contributed by atoms with E-state index < -0.39 is 0 Å². The molecule has 1 aromatic rings. The first kappa shape index (κ1) is 13.4. The minimum absolute atomic E-state index is 0.167. The maximum Gasteiger partial charge on any atom is 0.119 e. The van der Waals surface area contributed by atoms with Gasteiger partial charge in [-0.05, 0) is 38.0 Å². The van der Waals surface area contributed by atoms with E-state index in [-0.39, 0.29) is 12.2 Å². The zero-order valence-electron chi connectivity index (χ0n) is 11.5. The van der Waals surface area contributed by atoms with Crippen molar-refractivity contribution in [2.45, 2.75) is 45.4 Å². The Morgan fingerprint density at radius 2 is 2.06 bits per heavy atom. The normalized spacial score (nSPS) is 24.2. The lowest BCUT2D eigenvalue weighted by atomic mass is 10.1. The van der Waals surface area contributed by atoms with Crippen LogP contribution in [0.2, 0.25) is 0 Å². The lowest BCUT2D eigenvalue weighted by molar-refractivity contribution is 0.00220.